The predicted octanol–water partition coefficient (Wildman–Crippen LogP) is 0.835. The molecule has 1 aromatic heterocycles. The average molecular weight is 206 g/mol. The van der Waals surface area contributed by atoms with E-state index in [0.717, 1.165) is 10.9 Å². The summed E-state index contributed by atoms with van der Waals surface area (Å²) >= 11 is 0. The van der Waals surface area contributed by atoms with Gasteiger partial charge in [0.05, 0.1) is 6.20 Å². The van der Waals surface area contributed by atoms with Gasteiger partial charge in [-0.3, -0.25) is 14.8 Å². The second-order valence-electron chi connectivity index (χ2n) is 1.95. The van der Waals surface area contributed by atoms with Crippen LogP contribution in [0.1, 0.15) is 0 Å². The van der Waals surface area contributed by atoms with Crippen LogP contribution in [-0.4, -0.2) is 21.0 Å². The Bertz CT molecular complexity index is 297. The van der Waals surface area contributed by atoms with E-state index < -0.39 is 6.72 Å². The molecule has 0 unspecified atom stereocenters. The van der Waals surface area contributed by atoms with Crippen molar-refractivity contribution in [2.24, 2.45) is 0 Å². The van der Waals surface area contributed by atoms with Crippen molar-refractivity contribution in [3.05, 3.63) is 24.5 Å². The molecule has 0 aliphatic heterocycles. The van der Waals surface area contributed by atoms with E-state index >= 15 is 0 Å². The third kappa shape index (κ3) is 2.87. The Hall–Kier alpha value is -0.480. The molecule has 66 valence electrons. The fourth-order valence-corrected chi connectivity index (χ4v) is 1.51. The van der Waals surface area contributed by atoms with Crippen molar-refractivity contribution >= 4 is 17.7 Å². The van der Waals surface area contributed by atoms with Crippen molar-refractivity contribution < 1.29 is 14.3 Å². The first-order valence-corrected chi connectivity index (χ1v) is 6.58. The van der Waals surface area contributed by atoms with Gasteiger partial charge >= 0.3 is 6.72 Å². The van der Waals surface area contributed by atoms with E-state index in [4.69, 9.17) is 14.3 Å². The second kappa shape index (κ2) is 3.96. The minimum atomic E-state index is -3.27. The zero-order valence-electron chi connectivity index (χ0n) is 6.41. The lowest BCUT2D eigenvalue weighted by Crippen LogP contribution is -1.91. The van der Waals surface area contributed by atoms with Gasteiger partial charge < -0.3 is 4.52 Å². The molecule has 0 fully saturated rings. The molecular weight excluding hydrogens is 197 g/mol. The van der Waals surface area contributed by atoms with Gasteiger partial charge in [0.25, 0.3) is 0 Å². The zero-order valence-corrected chi connectivity index (χ0v) is 8.13. The fraction of sp³-hybridized carbons (Fsp3) is 0.167. The molecule has 0 saturated carbocycles. The third-order valence-corrected chi connectivity index (χ3v) is 3.67. The Morgan fingerprint density at radius 1 is 1.58 bits per heavy atom. The van der Waals surface area contributed by atoms with Crippen molar-refractivity contribution in [3.8, 4) is 5.75 Å². The van der Waals surface area contributed by atoms with Gasteiger partial charge in [-0.2, -0.15) is 0 Å². The van der Waals surface area contributed by atoms with Gasteiger partial charge in [0.1, 0.15) is 0 Å². The smallest absolute Gasteiger partial charge is 0.391 e. The Morgan fingerprint density at radius 3 is 2.83 bits per heavy atom. The number of hydrogen-bond acceptors (Lipinski definition) is 2. The molecule has 0 aliphatic rings. The van der Waals surface area contributed by atoms with E-state index in [0.29, 0.717) is 5.75 Å². The maximum atomic E-state index is 9.16. The molecule has 0 radical (unpaired) electrons. The summed E-state index contributed by atoms with van der Waals surface area (Å²) in [5.41, 5.74) is 0. The summed E-state index contributed by atoms with van der Waals surface area (Å²) in [5.74, 6) is 0.366. The fourth-order valence-electron chi connectivity index (χ4n) is 0.576. The van der Waals surface area contributed by atoms with Crippen LogP contribution in [0.4, 0.5) is 0 Å². The molecule has 1 heterocycles. The number of aromatic nitrogens is 1. The molecule has 1 rings (SSSR count). The molecule has 12 heavy (non-hydrogen) atoms. The molecule has 0 aromatic carbocycles. The molecule has 0 spiro atoms. The summed E-state index contributed by atoms with van der Waals surface area (Å²) in [7, 11) is 0.894. The molecule has 2 N–H and O–H groups in total. The quantitative estimate of drug-likeness (QED) is 0.556. The van der Waals surface area contributed by atoms with Crippen LogP contribution in [-0.2, 0) is 10.9 Å². The van der Waals surface area contributed by atoms with E-state index in [2.05, 4.69) is 4.98 Å². The Kier molecular flexibility index (Phi) is 3.17. The van der Waals surface area contributed by atoms with Gasteiger partial charge in [-0.05, 0) is 12.1 Å². The first-order chi connectivity index (χ1) is 5.64. The van der Waals surface area contributed by atoms with Crippen molar-refractivity contribution in [2.45, 2.75) is 0 Å². The number of hydrogen-bond donors (Lipinski definition) is 2. The monoisotopic (exact) mass is 206 g/mol. The highest BCUT2D eigenvalue weighted by atomic mass is 32.5. The topological polar surface area (TPSA) is 62.6 Å². The van der Waals surface area contributed by atoms with Crippen LogP contribution in [0.2, 0.25) is 0 Å². The molecule has 4 nitrogen and oxygen atoms in total. The summed E-state index contributed by atoms with van der Waals surface area (Å²) in [5, 5.41) is 0. The third-order valence-electron chi connectivity index (χ3n) is 1.10. The van der Waals surface area contributed by atoms with Crippen molar-refractivity contribution in [2.75, 3.05) is 6.26 Å². The normalized spacial score (nSPS) is 10.9. The van der Waals surface area contributed by atoms with Crippen LogP contribution >= 0.6 is 6.72 Å². The Balaban J connectivity index is 2.78. The molecule has 0 amide bonds. The highest BCUT2D eigenvalue weighted by Crippen LogP contribution is 2.39. The van der Waals surface area contributed by atoms with Crippen LogP contribution in [0.3, 0.4) is 0 Å². The lowest BCUT2D eigenvalue weighted by Gasteiger charge is -2.02. The van der Waals surface area contributed by atoms with Crippen LogP contribution in [0.5, 0.6) is 5.75 Å². The molecule has 0 saturated heterocycles. The lowest BCUT2D eigenvalue weighted by atomic mass is 10.5. The Morgan fingerprint density at radius 2 is 2.33 bits per heavy atom. The van der Waals surface area contributed by atoms with E-state index in [1.165, 1.54) is 6.20 Å². The first kappa shape index (κ1) is 9.61. The van der Waals surface area contributed by atoms with Crippen LogP contribution in [0.15, 0.2) is 24.5 Å². The molecule has 0 bridgehead atoms. The van der Waals surface area contributed by atoms with Gasteiger partial charge in [0.2, 0.25) is 10.9 Å². The second-order valence-corrected chi connectivity index (χ2v) is 6.00. The Labute approximate surface area is 74.1 Å². The summed E-state index contributed by atoms with van der Waals surface area (Å²) in [6.45, 7) is -3.27. The molecular formula is C6H9NO3PS+. The lowest BCUT2D eigenvalue weighted by molar-refractivity contribution is 0.369. The average Bonchev–Trinajstić information content (AvgIpc) is 2.06. The van der Waals surface area contributed by atoms with Gasteiger partial charge in [-0.25, -0.2) is 0 Å². The molecule has 1 aromatic rings. The minimum absolute atomic E-state index is 0.366. The van der Waals surface area contributed by atoms with E-state index in [-0.39, 0.29) is 0 Å². The number of rotatable bonds is 2. The summed E-state index contributed by atoms with van der Waals surface area (Å²) in [4.78, 5) is 22.1. The van der Waals surface area contributed by atoms with Gasteiger partial charge in [0, 0.05) is 6.20 Å². The summed E-state index contributed by atoms with van der Waals surface area (Å²) in [6, 6.07) is 3.28. The van der Waals surface area contributed by atoms with Crippen molar-refractivity contribution in [1.29, 1.82) is 0 Å². The van der Waals surface area contributed by atoms with E-state index in [1.54, 1.807) is 24.6 Å². The molecule has 6 heteroatoms. The zero-order chi connectivity index (χ0) is 9.03. The predicted molar refractivity (Wildman–Crippen MR) is 49.5 cm³/mol. The van der Waals surface area contributed by atoms with Gasteiger partial charge in [0.15, 0.2) is 12.0 Å². The largest absolute Gasteiger partial charge is 0.571 e. The van der Waals surface area contributed by atoms with E-state index in [9.17, 15) is 0 Å². The van der Waals surface area contributed by atoms with Gasteiger partial charge in [-0.1, -0.05) is 0 Å². The first-order valence-electron chi connectivity index (χ1n) is 3.14. The SMILES string of the molecule is C[S+]=P(O)(O)Oc1cccnc1. The van der Waals surface area contributed by atoms with Crippen LogP contribution in [0.25, 0.3) is 0 Å². The number of pyridine rings is 1. The van der Waals surface area contributed by atoms with Crippen molar-refractivity contribution in [1.82, 2.24) is 4.98 Å². The van der Waals surface area contributed by atoms with Gasteiger partial charge in [-0.15, -0.1) is 0 Å². The number of nitrogens with zero attached hydrogens (tertiary/aromatic N) is 1. The minimum Gasteiger partial charge on any atom is -0.391 e. The maximum Gasteiger partial charge on any atom is 0.571 e. The summed E-state index contributed by atoms with van der Waals surface area (Å²) < 4.78 is 4.87. The molecule has 0 aliphatic carbocycles. The van der Waals surface area contributed by atoms with E-state index in [1.807, 2.05) is 0 Å². The highest BCUT2D eigenvalue weighted by molar-refractivity contribution is 8.16. The highest BCUT2D eigenvalue weighted by Gasteiger charge is 2.24. The molecule has 0 atom stereocenters. The van der Waals surface area contributed by atoms with Crippen molar-refractivity contribution in [3.63, 3.8) is 0 Å². The summed E-state index contributed by atoms with van der Waals surface area (Å²) in [6.07, 6.45) is 4.59. The standard InChI is InChI=1S/C6H9NO3PS/c1-12-11(8,9)10-6-3-2-4-7-5-6/h2-5,8-9H,1H3/q+1. The maximum absolute atomic E-state index is 9.16. The van der Waals surface area contributed by atoms with Crippen LogP contribution < -0.4 is 4.52 Å². The van der Waals surface area contributed by atoms with Crippen LogP contribution in [0, 0.1) is 0 Å².